The molecule has 2 fully saturated rings. The molecule has 6 heteroatoms. The summed E-state index contributed by atoms with van der Waals surface area (Å²) in [5.41, 5.74) is 12.6. The smallest absolute Gasteiger partial charge is 0.222 e. The van der Waals surface area contributed by atoms with E-state index in [1.54, 1.807) is 0 Å². The fourth-order valence-corrected chi connectivity index (χ4v) is 5.35. The lowest BCUT2D eigenvalue weighted by molar-refractivity contribution is -0.131. The minimum Gasteiger partial charge on any atom is -0.387 e. The molecule has 1 aromatic carbocycles. The summed E-state index contributed by atoms with van der Waals surface area (Å²) in [5, 5.41) is 3.11. The average molecular weight is 459 g/mol. The van der Waals surface area contributed by atoms with Crippen LogP contribution in [0.1, 0.15) is 77.8 Å². The third-order valence-corrected chi connectivity index (χ3v) is 7.23. The second kappa shape index (κ2) is 12.4. The van der Waals surface area contributed by atoms with Crippen LogP contribution in [0.4, 0.5) is 5.69 Å². The van der Waals surface area contributed by atoms with E-state index in [0.717, 1.165) is 35.0 Å². The Morgan fingerprint density at radius 3 is 2.56 bits per heavy atom. The van der Waals surface area contributed by atoms with Gasteiger partial charge < -0.3 is 16.0 Å². The van der Waals surface area contributed by atoms with E-state index in [2.05, 4.69) is 43.7 Å². The van der Waals surface area contributed by atoms with Gasteiger partial charge in [-0.1, -0.05) is 31.6 Å². The van der Waals surface area contributed by atoms with Gasteiger partial charge in [0, 0.05) is 55.3 Å². The van der Waals surface area contributed by atoms with Gasteiger partial charge in [-0.3, -0.25) is 9.79 Å². The highest BCUT2D eigenvalue weighted by Crippen LogP contribution is 2.37. The van der Waals surface area contributed by atoms with E-state index in [9.17, 15) is 4.79 Å². The van der Waals surface area contributed by atoms with Crippen LogP contribution in [0.3, 0.4) is 0 Å². The van der Waals surface area contributed by atoms with Crippen LogP contribution in [-0.4, -0.2) is 43.2 Å². The summed E-state index contributed by atoms with van der Waals surface area (Å²) in [5.74, 6) is 0.879. The molecule has 1 heterocycles. The molecule has 0 radical (unpaired) electrons. The van der Waals surface area contributed by atoms with Gasteiger partial charge in [0.2, 0.25) is 5.91 Å². The molecule has 0 aromatic heterocycles. The van der Waals surface area contributed by atoms with Crippen LogP contribution >= 0.6 is 12.6 Å². The maximum atomic E-state index is 12.0. The zero-order chi connectivity index (χ0) is 23.8. The molecule has 5 nitrogen and oxygen atoms in total. The Labute approximate surface area is 200 Å². The van der Waals surface area contributed by atoms with Crippen LogP contribution in [0.5, 0.6) is 0 Å². The van der Waals surface area contributed by atoms with E-state index in [0.29, 0.717) is 6.42 Å². The van der Waals surface area contributed by atoms with Gasteiger partial charge in [-0.15, -0.1) is 12.6 Å². The van der Waals surface area contributed by atoms with E-state index < -0.39 is 0 Å². The van der Waals surface area contributed by atoms with Crippen molar-refractivity contribution < 1.29 is 4.79 Å². The summed E-state index contributed by atoms with van der Waals surface area (Å²) in [7, 11) is 3.80. The van der Waals surface area contributed by atoms with Gasteiger partial charge >= 0.3 is 0 Å². The number of allylic oxidation sites excluding steroid dienone is 2. The number of carbonyl (C=O) groups excluding carboxylic acids is 1. The summed E-state index contributed by atoms with van der Waals surface area (Å²) < 4.78 is 0. The van der Waals surface area contributed by atoms with Crippen LogP contribution in [0.25, 0.3) is 0 Å². The lowest BCUT2D eigenvalue weighted by Gasteiger charge is -2.28. The van der Waals surface area contributed by atoms with Crippen molar-refractivity contribution in [3.63, 3.8) is 0 Å². The SMILES string of the molecule is CCC(=O)N1CC[C@@H](N)[C@H]1c1cccc(NC)c1S.CC[C@H]1CCCC(=C(C)C)C1=NC. The molecule has 1 aliphatic heterocycles. The van der Waals surface area contributed by atoms with Crippen molar-refractivity contribution in [3.05, 3.63) is 34.9 Å². The number of aliphatic imine (C=N–C) groups is 1. The molecule has 1 aliphatic carbocycles. The fourth-order valence-electron chi connectivity index (χ4n) is 4.96. The third kappa shape index (κ3) is 5.96. The summed E-state index contributed by atoms with van der Waals surface area (Å²) in [4.78, 5) is 19.3. The van der Waals surface area contributed by atoms with Gasteiger partial charge in [0.15, 0.2) is 0 Å². The quantitative estimate of drug-likeness (QED) is 0.512. The standard InChI is InChI=1S/C14H21N3OS.C12H21N/c1-3-12(18)17-8-7-10(15)13(17)9-5-4-6-11(16-2)14(9)19;1-5-10-7-6-8-11(9(2)3)12(10)13-4/h4-6,10,13,16,19H,3,7-8,15H2,1-2H3;10H,5-8H2,1-4H3/t10-,13-;10-/m10/s1. The molecule has 1 aromatic rings. The van der Waals surface area contributed by atoms with E-state index in [-0.39, 0.29) is 18.0 Å². The number of nitrogens with two attached hydrogens (primary N) is 1. The van der Waals surface area contributed by atoms with Crippen molar-refractivity contribution in [1.82, 2.24) is 4.90 Å². The van der Waals surface area contributed by atoms with Crippen LogP contribution in [-0.2, 0) is 4.79 Å². The summed E-state index contributed by atoms with van der Waals surface area (Å²) in [6.45, 7) is 9.30. The first kappa shape index (κ1) is 26.5. The molecular weight excluding hydrogens is 416 g/mol. The van der Waals surface area contributed by atoms with E-state index in [4.69, 9.17) is 5.73 Å². The van der Waals surface area contributed by atoms with Crippen LogP contribution in [0.15, 0.2) is 39.2 Å². The Kier molecular flexibility index (Phi) is 10.3. The second-order valence-corrected chi connectivity index (χ2v) is 9.36. The number of benzene rings is 1. The zero-order valence-electron chi connectivity index (χ0n) is 20.7. The highest BCUT2D eigenvalue weighted by Gasteiger charge is 2.36. The predicted octanol–water partition coefficient (Wildman–Crippen LogP) is 5.63. The molecule has 1 saturated carbocycles. The zero-order valence-corrected chi connectivity index (χ0v) is 21.6. The van der Waals surface area contributed by atoms with E-state index in [1.807, 2.05) is 44.1 Å². The topological polar surface area (TPSA) is 70.7 Å². The van der Waals surface area contributed by atoms with Crippen molar-refractivity contribution in [2.75, 3.05) is 26.0 Å². The van der Waals surface area contributed by atoms with Gasteiger partial charge in [-0.05, 0) is 63.2 Å². The minimum absolute atomic E-state index is 0.0199. The van der Waals surface area contributed by atoms with Gasteiger partial charge in [-0.25, -0.2) is 0 Å². The molecule has 3 N–H and O–H groups in total. The first-order valence-electron chi connectivity index (χ1n) is 12.0. The Bertz CT molecular complexity index is 844. The monoisotopic (exact) mass is 458 g/mol. The second-order valence-electron chi connectivity index (χ2n) is 8.92. The predicted molar refractivity (Wildman–Crippen MR) is 140 cm³/mol. The van der Waals surface area contributed by atoms with Crippen molar-refractivity contribution >= 4 is 29.9 Å². The Hall–Kier alpha value is -1.79. The fraction of sp³-hybridized carbons (Fsp3) is 0.615. The number of nitrogens with one attached hydrogen (secondary N) is 1. The molecule has 3 rings (SSSR count). The summed E-state index contributed by atoms with van der Waals surface area (Å²) in [6, 6.07) is 5.87. The minimum atomic E-state index is -0.0618. The number of likely N-dealkylation sites (tertiary alicyclic amines) is 1. The van der Waals surface area contributed by atoms with Crippen LogP contribution < -0.4 is 11.1 Å². The van der Waals surface area contributed by atoms with Crippen molar-refractivity contribution in [3.8, 4) is 0 Å². The number of nitrogens with zero attached hydrogens (tertiary/aromatic N) is 2. The highest BCUT2D eigenvalue weighted by molar-refractivity contribution is 7.80. The molecule has 178 valence electrons. The molecule has 3 atom stereocenters. The lowest BCUT2D eigenvalue weighted by atomic mass is 9.80. The van der Waals surface area contributed by atoms with Crippen molar-refractivity contribution in [1.29, 1.82) is 0 Å². The Balaban J connectivity index is 0.000000244. The maximum Gasteiger partial charge on any atom is 0.222 e. The number of amides is 1. The molecule has 0 bridgehead atoms. The first-order valence-corrected chi connectivity index (χ1v) is 12.4. The van der Waals surface area contributed by atoms with Gasteiger partial charge in [0.1, 0.15) is 0 Å². The lowest BCUT2D eigenvalue weighted by Crippen LogP contribution is -2.35. The van der Waals surface area contributed by atoms with Crippen LogP contribution in [0.2, 0.25) is 0 Å². The third-order valence-electron chi connectivity index (χ3n) is 6.74. The Morgan fingerprint density at radius 1 is 1.28 bits per heavy atom. The van der Waals surface area contributed by atoms with E-state index >= 15 is 0 Å². The molecule has 1 amide bonds. The Morgan fingerprint density at radius 2 is 2.00 bits per heavy atom. The number of rotatable bonds is 4. The van der Waals surface area contributed by atoms with Crippen LogP contribution in [0, 0.1) is 5.92 Å². The van der Waals surface area contributed by atoms with E-state index in [1.165, 1.54) is 42.5 Å². The number of anilines is 1. The highest BCUT2D eigenvalue weighted by atomic mass is 32.1. The molecule has 0 spiro atoms. The average Bonchev–Trinajstić information content (AvgIpc) is 3.19. The van der Waals surface area contributed by atoms with Gasteiger partial charge in [0.25, 0.3) is 0 Å². The molecule has 1 saturated heterocycles. The number of thiol groups is 1. The normalized spacial score (nSPS) is 24.2. The number of carbonyl (C=O) groups is 1. The molecule has 0 unspecified atom stereocenters. The first-order chi connectivity index (χ1) is 15.3. The van der Waals surface area contributed by atoms with Gasteiger partial charge in [0.05, 0.1) is 6.04 Å². The van der Waals surface area contributed by atoms with Crippen molar-refractivity contribution in [2.24, 2.45) is 16.6 Å². The van der Waals surface area contributed by atoms with Crippen molar-refractivity contribution in [2.45, 2.75) is 83.2 Å². The molecule has 2 aliphatic rings. The molecule has 32 heavy (non-hydrogen) atoms. The summed E-state index contributed by atoms with van der Waals surface area (Å²) in [6.07, 6.45) is 6.51. The maximum absolute atomic E-state index is 12.0. The molecular formula is C26H42N4OS. The van der Waals surface area contributed by atoms with Gasteiger partial charge in [-0.2, -0.15) is 0 Å². The number of hydrogen-bond donors (Lipinski definition) is 3. The largest absolute Gasteiger partial charge is 0.387 e. The summed E-state index contributed by atoms with van der Waals surface area (Å²) >= 11 is 4.59. The number of hydrogen-bond acceptors (Lipinski definition) is 5.